The first kappa shape index (κ1) is 12.3. The predicted molar refractivity (Wildman–Crippen MR) is 76.6 cm³/mol. The van der Waals surface area contributed by atoms with Crippen molar-refractivity contribution in [2.24, 2.45) is 0 Å². The van der Waals surface area contributed by atoms with Crippen LogP contribution in [0.5, 0.6) is 0 Å². The maximum Gasteiger partial charge on any atom is 0.0338 e. The van der Waals surface area contributed by atoms with Crippen LogP contribution in [0.2, 0.25) is 0 Å². The molecule has 0 bridgehead atoms. The summed E-state index contributed by atoms with van der Waals surface area (Å²) >= 11 is 0. The summed E-state index contributed by atoms with van der Waals surface area (Å²) in [6, 6.07) is 13.2. The third-order valence-electron chi connectivity index (χ3n) is 3.63. The van der Waals surface area contributed by atoms with E-state index in [1.54, 1.807) is 0 Å². The molecule has 2 heterocycles. The lowest BCUT2D eigenvalue weighted by Crippen LogP contribution is -2.22. The SMILES string of the molecule is c1cncc(CNC2CCNCc3ccccc32)c1. The number of pyridine rings is 1. The molecular formula is C16H19N3. The van der Waals surface area contributed by atoms with Crippen molar-refractivity contribution in [1.29, 1.82) is 0 Å². The van der Waals surface area contributed by atoms with E-state index < -0.39 is 0 Å². The highest BCUT2D eigenvalue weighted by atomic mass is 14.9. The maximum atomic E-state index is 4.16. The van der Waals surface area contributed by atoms with E-state index in [1.165, 1.54) is 16.7 Å². The molecule has 0 fully saturated rings. The van der Waals surface area contributed by atoms with Gasteiger partial charge >= 0.3 is 0 Å². The molecule has 3 nitrogen and oxygen atoms in total. The number of rotatable bonds is 3. The molecule has 3 rings (SSSR count). The van der Waals surface area contributed by atoms with E-state index in [1.807, 2.05) is 18.5 Å². The minimum absolute atomic E-state index is 0.423. The Morgan fingerprint density at radius 2 is 2.16 bits per heavy atom. The fourth-order valence-electron chi connectivity index (χ4n) is 2.62. The zero-order valence-corrected chi connectivity index (χ0v) is 11.0. The molecule has 1 atom stereocenters. The van der Waals surface area contributed by atoms with Gasteiger partial charge in [0, 0.05) is 31.5 Å². The van der Waals surface area contributed by atoms with Crippen molar-refractivity contribution in [3.8, 4) is 0 Å². The first-order valence-electron chi connectivity index (χ1n) is 6.84. The average Bonchev–Trinajstić information content (AvgIpc) is 2.68. The van der Waals surface area contributed by atoms with E-state index in [2.05, 4.69) is 45.9 Å². The summed E-state index contributed by atoms with van der Waals surface area (Å²) in [6.07, 6.45) is 4.86. The molecule has 98 valence electrons. The van der Waals surface area contributed by atoms with Crippen molar-refractivity contribution in [3.63, 3.8) is 0 Å². The average molecular weight is 253 g/mol. The highest BCUT2D eigenvalue weighted by molar-refractivity contribution is 5.31. The van der Waals surface area contributed by atoms with Crippen molar-refractivity contribution < 1.29 is 0 Å². The topological polar surface area (TPSA) is 37.0 Å². The summed E-state index contributed by atoms with van der Waals surface area (Å²) in [7, 11) is 0. The fourth-order valence-corrected chi connectivity index (χ4v) is 2.62. The summed E-state index contributed by atoms with van der Waals surface area (Å²) in [5.41, 5.74) is 4.07. The zero-order valence-electron chi connectivity index (χ0n) is 11.0. The van der Waals surface area contributed by atoms with Gasteiger partial charge in [-0.25, -0.2) is 0 Å². The van der Waals surface area contributed by atoms with Crippen molar-refractivity contribution in [2.75, 3.05) is 6.54 Å². The van der Waals surface area contributed by atoms with Gasteiger partial charge in [0.25, 0.3) is 0 Å². The normalized spacial score (nSPS) is 18.6. The molecule has 1 aliphatic heterocycles. The van der Waals surface area contributed by atoms with Gasteiger partial charge in [-0.1, -0.05) is 30.3 Å². The number of nitrogens with one attached hydrogen (secondary N) is 2. The maximum absolute atomic E-state index is 4.16. The molecule has 0 amide bonds. The number of hydrogen-bond acceptors (Lipinski definition) is 3. The van der Waals surface area contributed by atoms with Crippen LogP contribution in [0.4, 0.5) is 0 Å². The van der Waals surface area contributed by atoms with Gasteiger partial charge in [-0.3, -0.25) is 4.98 Å². The first-order chi connectivity index (χ1) is 9.43. The van der Waals surface area contributed by atoms with Gasteiger partial charge in [-0.15, -0.1) is 0 Å². The van der Waals surface area contributed by atoms with Crippen molar-refractivity contribution in [3.05, 3.63) is 65.5 Å². The molecule has 0 saturated carbocycles. The molecule has 1 aliphatic rings. The molecule has 0 aliphatic carbocycles. The van der Waals surface area contributed by atoms with Crippen LogP contribution >= 0.6 is 0 Å². The van der Waals surface area contributed by atoms with Gasteiger partial charge < -0.3 is 10.6 Å². The minimum atomic E-state index is 0.423. The summed E-state index contributed by atoms with van der Waals surface area (Å²) in [5.74, 6) is 0. The smallest absolute Gasteiger partial charge is 0.0338 e. The third-order valence-corrected chi connectivity index (χ3v) is 3.63. The molecule has 0 saturated heterocycles. The van der Waals surface area contributed by atoms with Crippen molar-refractivity contribution in [2.45, 2.75) is 25.6 Å². The monoisotopic (exact) mass is 253 g/mol. The molecule has 3 heteroatoms. The van der Waals surface area contributed by atoms with E-state index in [9.17, 15) is 0 Å². The minimum Gasteiger partial charge on any atom is -0.313 e. The van der Waals surface area contributed by atoms with Gasteiger partial charge in [0.2, 0.25) is 0 Å². The molecule has 0 radical (unpaired) electrons. The van der Waals surface area contributed by atoms with Crippen LogP contribution in [0.25, 0.3) is 0 Å². The molecule has 1 aromatic carbocycles. The van der Waals surface area contributed by atoms with Crippen LogP contribution in [0.1, 0.15) is 29.2 Å². The summed E-state index contributed by atoms with van der Waals surface area (Å²) < 4.78 is 0. The van der Waals surface area contributed by atoms with Gasteiger partial charge in [-0.2, -0.15) is 0 Å². The Morgan fingerprint density at radius 1 is 1.21 bits per heavy atom. The highest BCUT2D eigenvalue weighted by Crippen LogP contribution is 2.23. The van der Waals surface area contributed by atoms with Crippen LogP contribution in [0, 0.1) is 0 Å². The number of nitrogens with zero attached hydrogens (tertiary/aromatic N) is 1. The van der Waals surface area contributed by atoms with Crippen molar-refractivity contribution in [1.82, 2.24) is 15.6 Å². The van der Waals surface area contributed by atoms with Gasteiger partial charge in [0.15, 0.2) is 0 Å². The van der Waals surface area contributed by atoms with Gasteiger partial charge in [0.1, 0.15) is 0 Å². The van der Waals surface area contributed by atoms with E-state index in [0.29, 0.717) is 6.04 Å². The summed E-state index contributed by atoms with van der Waals surface area (Å²) in [4.78, 5) is 4.16. The fraction of sp³-hybridized carbons (Fsp3) is 0.312. The lowest BCUT2D eigenvalue weighted by atomic mass is 9.99. The molecule has 2 N–H and O–H groups in total. The largest absolute Gasteiger partial charge is 0.313 e. The Hall–Kier alpha value is -1.71. The number of aromatic nitrogens is 1. The van der Waals surface area contributed by atoms with E-state index >= 15 is 0 Å². The van der Waals surface area contributed by atoms with Gasteiger partial charge in [-0.05, 0) is 35.7 Å². The molecule has 19 heavy (non-hydrogen) atoms. The Labute approximate surface area is 114 Å². The lowest BCUT2D eigenvalue weighted by Gasteiger charge is -2.19. The summed E-state index contributed by atoms with van der Waals surface area (Å²) in [6.45, 7) is 2.90. The van der Waals surface area contributed by atoms with Crippen molar-refractivity contribution >= 4 is 0 Å². The number of hydrogen-bond donors (Lipinski definition) is 2. The second-order valence-corrected chi connectivity index (χ2v) is 4.96. The Bertz CT molecular complexity index is 525. The van der Waals surface area contributed by atoms with E-state index in [-0.39, 0.29) is 0 Å². The second-order valence-electron chi connectivity index (χ2n) is 4.96. The molecular weight excluding hydrogens is 234 g/mol. The summed E-state index contributed by atoms with van der Waals surface area (Å²) in [5, 5.41) is 7.13. The molecule has 2 aromatic rings. The third kappa shape index (κ3) is 3.00. The second kappa shape index (κ2) is 5.95. The number of fused-ring (bicyclic) bond motifs is 1. The van der Waals surface area contributed by atoms with Crippen LogP contribution < -0.4 is 10.6 Å². The van der Waals surface area contributed by atoms with Crippen LogP contribution in [-0.4, -0.2) is 11.5 Å². The van der Waals surface area contributed by atoms with Crippen LogP contribution in [-0.2, 0) is 13.1 Å². The Kier molecular flexibility index (Phi) is 3.86. The number of benzene rings is 1. The molecule has 1 aromatic heterocycles. The Balaban J connectivity index is 1.74. The standard InChI is InChI=1S/C16H19N3/c1-2-6-15-14(5-1)12-18-9-7-16(15)19-11-13-4-3-8-17-10-13/h1-6,8,10,16,18-19H,7,9,11-12H2. The zero-order chi connectivity index (χ0) is 12.9. The van der Waals surface area contributed by atoms with Crippen LogP contribution in [0.15, 0.2) is 48.8 Å². The van der Waals surface area contributed by atoms with Crippen LogP contribution in [0.3, 0.4) is 0 Å². The molecule has 1 unspecified atom stereocenters. The molecule has 0 spiro atoms. The van der Waals surface area contributed by atoms with E-state index in [4.69, 9.17) is 0 Å². The highest BCUT2D eigenvalue weighted by Gasteiger charge is 2.17. The predicted octanol–water partition coefficient (Wildman–Crippen LogP) is 2.41. The lowest BCUT2D eigenvalue weighted by molar-refractivity contribution is 0.495. The first-order valence-corrected chi connectivity index (χ1v) is 6.84. The van der Waals surface area contributed by atoms with Gasteiger partial charge in [0.05, 0.1) is 0 Å². The van der Waals surface area contributed by atoms with E-state index in [0.717, 1.165) is 26.1 Å². The Morgan fingerprint density at radius 3 is 3.05 bits per heavy atom. The quantitative estimate of drug-likeness (QED) is 0.882.